The van der Waals surface area contributed by atoms with Crippen molar-refractivity contribution in [3.05, 3.63) is 0 Å². The molecule has 2 nitrogen and oxygen atoms in total. The summed E-state index contributed by atoms with van der Waals surface area (Å²) in [5, 5.41) is 0. The highest BCUT2D eigenvalue weighted by atomic mass is 19.4. The van der Waals surface area contributed by atoms with E-state index >= 15 is 0 Å². The molecule has 0 aliphatic carbocycles. The summed E-state index contributed by atoms with van der Waals surface area (Å²) >= 11 is 0. The van der Waals surface area contributed by atoms with Crippen molar-refractivity contribution in [2.45, 2.75) is 52.3 Å². The first-order valence-electron chi connectivity index (χ1n) is 5.96. The van der Waals surface area contributed by atoms with Gasteiger partial charge in [-0.25, -0.2) is 0 Å². The fraction of sp³-hybridized carbons (Fsp3) is 0.917. The van der Waals surface area contributed by atoms with Crippen LogP contribution in [0.1, 0.15) is 40.0 Å². The Labute approximate surface area is 100 Å². The van der Waals surface area contributed by atoms with Gasteiger partial charge in [0.15, 0.2) is 5.78 Å². The Hall–Kier alpha value is -0.580. The molecule has 0 N–H and O–H groups in total. The SMILES string of the molecule is CC(C)(C)C(=O)[C@@H]1CCCCN1CC(F)(F)F. The predicted molar refractivity (Wildman–Crippen MR) is 59.7 cm³/mol. The minimum Gasteiger partial charge on any atom is -0.297 e. The highest BCUT2D eigenvalue weighted by Crippen LogP contribution is 2.28. The molecule has 0 unspecified atom stereocenters. The van der Waals surface area contributed by atoms with Gasteiger partial charge >= 0.3 is 6.18 Å². The van der Waals surface area contributed by atoms with Crippen molar-refractivity contribution < 1.29 is 18.0 Å². The van der Waals surface area contributed by atoms with E-state index in [-0.39, 0.29) is 5.78 Å². The summed E-state index contributed by atoms with van der Waals surface area (Å²) in [5.74, 6) is -0.0820. The largest absolute Gasteiger partial charge is 0.401 e. The third-order valence-electron chi connectivity index (χ3n) is 3.04. The van der Waals surface area contributed by atoms with Gasteiger partial charge in [-0.3, -0.25) is 9.69 Å². The maximum atomic E-state index is 12.4. The maximum Gasteiger partial charge on any atom is 0.401 e. The number of alkyl halides is 3. The molecule has 0 amide bonds. The van der Waals surface area contributed by atoms with E-state index in [1.165, 1.54) is 4.90 Å². The molecule has 1 aliphatic rings. The van der Waals surface area contributed by atoms with Crippen molar-refractivity contribution in [1.82, 2.24) is 4.90 Å². The van der Waals surface area contributed by atoms with Gasteiger partial charge in [0, 0.05) is 5.41 Å². The molecule has 0 aromatic heterocycles. The molecule has 0 spiro atoms. The predicted octanol–water partition coefficient (Wildman–Crippen LogP) is 3.02. The Morgan fingerprint density at radius 1 is 1.24 bits per heavy atom. The van der Waals surface area contributed by atoms with Gasteiger partial charge in [-0.15, -0.1) is 0 Å². The van der Waals surface area contributed by atoms with Gasteiger partial charge in [0.25, 0.3) is 0 Å². The van der Waals surface area contributed by atoms with Crippen LogP contribution in [0.15, 0.2) is 0 Å². The monoisotopic (exact) mass is 251 g/mol. The number of carbonyl (C=O) groups is 1. The number of piperidine rings is 1. The van der Waals surface area contributed by atoms with Crippen molar-refractivity contribution in [2.75, 3.05) is 13.1 Å². The number of hydrogen-bond acceptors (Lipinski definition) is 2. The van der Waals surface area contributed by atoms with E-state index in [0.29, 0.717) is 13.0 Å². The number of hydrogen-bond donors (Lipinski definition) is 0. The van der Waals surface area contributed by atoms with Gasteiger partial charge in [-0.2, -0.15) is 13.2 Å². The molecule has 1 rings (SSSR count). The van der Waals surface area contributed by atoms with Gasteiger partial charge in [0.05, 0.1) is 12.6 Å². The summed E-state index contributed by atoms with van der Waals surface area (Å²) in [5.41, 5.74) is -0.578. The molecule has 0 radical (unpaired) electrons. The summed E-state index contributed by atoms with van der Waals surface area (Å²) < 4.78 is 37.3. The smallest absolute Gasteiger partial charge is 0.297 e. The molecule has 1 fully saturated rings. The summed E-state index contributed by atoms with van der Waals surface area (Å²) in [6.45, 7) is 4.67. The van der Waals surface area contributed by atoms with Crippen LogP contribution in [0.4, 0.5) is 13.2 Å². The molecule has 0 aromatic carbocycles. The minimum atomic E-state index is -4.23. The minimum absolute atomic E-state index is 0.0820. The molecule has 0 saturated carbocycles. The van der Waals surface area contributed by atoms with Gasteiger partial charge in [0.2, 0.25) is 0 Å². The highest BCUT2D eigenvalue weighted by molar-refractivity contribution is 5.88. The standard InChI is InChI=1S/C12H20F3NO/c1-11(2,3)10(17)9-6-4-5-7-16(9)8-12(13,14)15/h9H,4-8H2,1-3H3/t9-/m0/s1. The van der Waals surface area contributed by atoms with Crippen molar-refractivity contribution in [1.29, 1.82) is 0 Å². The van der Waals surface area contributed by atoms with Crippen LogP contribution in [0.2, 0.25) is 0 Å². The lowest BCUT2D eigenvalue weighted by Gasteiger charge is -2.38. The zero-order valence-electron chi connectivity index (χ0n) is 10.6. The summed E-state index contributed by atoms with van der Waals surface area (Å²) in [6.07, 6.45) is -2.11. The van der Waals surface area contributed by atoms with Gasteiger partial charge in [0.1, 0.15) is 0 Å². The molecule has 1 atom stereocenters. The molecular weight excluding hydrogens is 231 g/mol. The third-order valence-corrected chi connectivity index (χ3v) is 3.04. The highest BCUT2D eigenvalue weighted by Gasteiger charge is 2.40. The second-order valence-corrected chi connectivity index (χ2v) is 5.71. The number of ketones is 1. The molecule has 0 bridgehead atoms. The average Bonchev–Trinajstić information content (AvgIpc) is 2.13. The molecular formula is C12H20F3NO. The Kier molecular flexibility index (Phi) is 4.23. The Bertz CT molecular complexity index is 280. The van der Waals surface area contributed by atoms with Crippen molar-refractivity contribution in [3.8, 4) is 0 Å². The van der Waals surface area contributed by atoms with E-state index in [4.69, 9.17) is 0 Å². The average molecular weight is 251 g/mol. The molecule has 100 valence electrons. The maximum absolute atomic E-state index is 12.4. The fourth-order valence-electron chi connectivity index (χ4n) is 2.21. The van der Waals surface area contributed by atoms with Gasteiger partial charge < -0.3 is 0 Å². The van der Waals surface area contributed by atoms with E-state index in [0.717, 1.165) is 12.8 Å². The lowest BCUT2D eigenvalue weighted by molar-refractivity contribution is -0.159. The van der Waals surface area contributed by atoms with Crippen LogP contribution in [-0.2, 0) is 4.79 Å². The normalized spacial score (nSPS) is 23.8. The molecule has 1 aliphatic heterocycles. The van der Waals surface area contributed by atoms with E-state index in [1.807, 2.05) is 0 Å². The Morgan fingerprint density at radius 3 is 2.29 bits per heavy atom. The Balaban J connectivity index is 2.76. The van der Waals surface area contributed by atoms with E-state index in [2.05, 4.69) is 0 Å². The van der Waals surface area contributed by atoms with E-state index in [1.54, 1.807) is 20.8 Å². The van der Waals surface area contributed by atoms with Crippen LogP contribution >= 0.6 is 0 Å². The first kappa shape index (κ1) is 14.5. The third kappa shape index (κ3) is 4.30. The number of nitrogens with zero attached hydrogens (tertiary/aromatic N) is 1. The molecule has 1 saturated heterocycles. The first-order valence-corrected chi connectivity index (χ1v) is 5.96. The van der Waals surface area contributed by atoms with Crippen LogP contribution in [-0.4, -0.2) is 36.0 Å². The number of Topliss-reactive ketones (excluding diaryl/α,β-unsaturated/α-hetero) is 1. The van der Waals surface area contributed by atoms with Crippen LogP contribution in [0.25, 0.3) is 0 Å². The lowest BCUT2D eigenvalue weighted by atomic mass is 9.82. The summed E-state index contributed by atoms with van der Waals surface area (Å²) in [4.78, 5) is 13.4. The first-order chi connectivity index (χ1) is 7.61. The van der Waals surface area contributed by atoms with Gasteiger partial charge in [-0.1, -0.05) is 27.2 Å². The molecule has 17 heavy (non-hydrogen) atoms. The number of carbonyl (C=O) groups excluding carboxylic acids is 1. The van der Waals surface area contributed by atoms with E-state index < -0.39 is 24.2 Å². The van der Waals surface area contributed by atoms with Gasteiger partial charge in [-0.05, 0) is 19.4 Å². The molecule has 0 aromatic rings. The lowest BCUT2D eigenvalue weighted by Crippen LogP contribution is -2.51. The van der Waals surface area contributed by atoms with E-state index in [9.17, 15) is 18.0 Å². The quantitative estimate of drug-likeness (QED) is 0.752. The van der Waals surface area contributed by atoms with Crippen LogP contribution < -0.4 is 0 Å². The zero-order valence-corrected chi connectivity index (χ0v) is 10.6. The van der Waals surface area contributed by atoms with Crippen LogP contribution in [0.5, 0.6) is 0 Å². The number of halogens is 3. The zero-order chi connectivity index (χ0) is 13.3. The Morgan fingerprint density at radius 2 is 1.82 bits per heavy atom. The van der Waals surface area contributed by atoms with Crippen molar-refractivity contribution in [3.63, 3.8) is 0 Å². The van der Waals surface area contributed by atoms with Crippen molar-refractivity contribution >= 4 is 5.78 Å². The molecule has 1 heterocycles. The number of likely N-dealkylation sites (tertiary alicyclic amines) is 1. The summed E-state index contributed by atoms with van der Waals surface area (Å²) in [7, 11) is 0. The van der Waals surface area contributed by atoms with Crippen LogP contribution in [0, 0.1) is 5.41 Å². The second-order valence-electron chi connectivity index (χ2n) is 5.71. The topological polar surface area (TPSA) is 20.3 Å². The fourth-order valence-corrected chi connectivity index (χ4v) is 2.21. The van der Waals surface area contributed by atoms with Crippen LogP contribution in [0.3, 0.4) is 0 Å². The second kappa shape index (κ2) is 4.96. The summed E-state index contributed by atoms with van der Waals surface area (Å²) in [6, 6.07) is -0.564. The van der Waals surface area contributed by atoms with Crippen molar-refractivity contribution in [2.24, 2.45) is 5.41 Å². The number of rotatable bonds is 2. The molecule has 5 heteroatoms.